The van der Waals surface area contributed by atoms with Crippen LogP contribution in [0.1, 0.15) is 35.9 Å². The van der Waals surface area contributed by atoms with E-state index in [1.165, 1.54) is 10.9 Å². The lowest BCUT2D eigenvalue weighted by molar-refractivity contribution is -0.210. The minimum atomic E-state index is -5.31. The third-order valence-corrected chi connectivity index (χ3v) is 8.51. The van der Waals surface area contributed by atoms with Gasteiger partial charge >= 0.3 is 12.1 Å². The maximum atomic E-state index is 13.2. The topological polar surface area (TPSA) is 169 Å². The molecule has 2 aliphatic rings. The summed E-state index contributed by atoms with van der Waals surface area (Å²) in [7, 11) is 0. The van der Waals surface area contributed by atoms with Gasteiger partial charge in [-0.25, -0.2) is 9.78 Å². The number of esters is 1. The van der Waals surface area contributed by atoms with Gasteiger partial charge in [-0.1, -0.05) is 60.7 Å². The first-order valence-electron chi connectivity index (χ1n) is 14.9. The van der Waals surface area contributed by atoms with Gasteiger partial charge in [0, 0.05) is 25.0 Å². The Morgan fingerprint density at radius 2 is 1.76 bits per heavy atom. The molecule has 1 saturated carbocycles. The van der Waals surface area contributed by atoms with Gasteiger partial charge in [0.05, 0.1) is 18.3 Å². The predicted octanol–water partition coefficient (Wildman–Crippen LogP) is 2.73. The van der Waals surface area contributed by atoms with Gasteiger partial charge in [0.2, 0.25) is 11.9 Å². The molecule has 6 rings (SSSR count). The van der Waals surface area contributed by atoms with Crippen molar-refractivity contribution < 1.29 is 32.6 Å². The van der Waals surface area contributed by atoms with Crippen LogP contribution in [0, 0.1) is 5.92 Å². The number of nitrogens with two attached hydrogens (primary N) is 1. The summed E-state index contributed by atoms with van der Waals surface area (Å²) in [5.41, 5.74) is 8.10. The zero-order valence-corrected chi connectivity index (χ0v) is 24.5. The van der Waals surface area contributed by atoms with Crippen molar-refractivity contribution >= 4 is 34.8 Å². The number of aromatic nitrogens is 4. The lowest BCUT2D eigenvalue weighted by Gasteiger charge is -2.24. The second-order valence-electron chi connectivity index (χ2n) is 11.5. The largest absolute Gasteiger partial charge is 0.490 e. The molecule has 0 unspecified atom stereocenters. The monoisotopic (exact) mass is 638 g/mol. The molecule has 1 aliphatic heterocycles. The quantitative estimate of drug-likeness (QED) is 0.163. The van der Waals surface area contributed by atoms with Gasteiger partial charge < -0.3 is 36.1 Å². The van der Waals surface area contributed by atoms with E-state index in [9.17, 15) is 27.9 Å². The number of hydrogen-bond donors (Lipinski definition) is 5. The molecule has 2 aromatic heterocycles. The predicted molar refractivity (Wildman–Crippen MR) is 162 cm³/mol. The van der Waals surface area contributed by atoms with Crippen LogP contribution in [-0.4, -0.2) is 80.6 Å². The van der Waals surface area contributed by atoms with E-state index >= 15 is 0 Å². The molecule has 2 fully saturated rings. The van der Waals surface area contributed by atoms with E-state index in [2.05, 4.69) is 25.9 Å². The van der Waals surface area contributed by atoms with E-state index in [1.54, 1.807) is 0 Å². The average molecular weight is 639 g/mol. The maximum Gasteiger partial charge on any atom is 0.490 e. The SMILES string of the molecule is NC(=O)[C@H]1C[C@@H](n2cnc3c(NCC(c4ccccc4)c4ccccc4)nc(N[C@@H]4CCNC4)nc32)[C@H](OC(=O)C(F)(F)F)[C@@H]1O. The maximum absolute atomic E-state index is 13.2. The molecular formula is C31H33F3N8O4. The number of primary amides is 1. The molecule has 0 radical (unpaired) electrons. The fourth-order valence-electron chi connectivity index (χ4n) is 6.19. The van der Waals surface area contributed by atoms with Gasteiger partial charge in [0.15, 0.2) is 17.0 Å². The standard InChI is InChI=1S/C31H33F3N8O4/c32-31(33,34)29(45)46-25-22(13-20(24(25)43)26(35)44)42-16-38-23-27(40-30(41-28(23)42)39-19-11-12-36-14-19)37-15-21(17-7-3-1-4-8-17)18-9-5-2-6-10-18/h1-10,16,19-22,24-25,36,43H,11-15H2,(H2,35,44)(H2,37,39,40,41)/t19-,20+,22-,24-,25+/m1/s1. The van der Waals surface area contributed by atoms with E-state index in [0.717, 1.165) is 24.1 Å². The van der Waals surface area contributed by atoms with Gasteiger partial charge in [0.1, 0.15) is 12.2 Å². The molecule has 15 heteroatoms. The molecule has 4 aromatic rings. The van der Waals surface area contributed by atoms with Crippen molar-refractivity contribution in [2.45, 2.75) is 49.2 Å². The molecule has 1 aliphatic carbocycles. The number of imidazole rings is 1. The number of nitrogens with one attached hydrogen (secondary N) is 3. The van der Waals surface area contributed by atoms with Gasteiger partial charge in [-0.15, -0.1) is 0 Å². The van der Waals surface area contributed by atoms with Gasteiger partial charge in [-0.05, 0) is 30.5 Å². The van der Waals surface area contributed by atoms with Crippen LogP contribution < -0.4 is 21.7 Å². The third-order valence-electron chi connectivity index (χ3n) is 8.51. The minimum Gasteiger partial charge on any atom is -0.451 e. The summed E-state index contributed by atoms with van der Waals surface area (Å²) in [6.07, 6.45) is -6.89. The number of aliphatic hydroxyl groups is 1. The molecule has 2 aromatic carbocycles. The van der Waals surface area contributed by atoms with E-state index in [0.29, 0.717) is 24.4 Å². The molecular weight excluding hydrogens is 605 g/mol. The van der Waals surface area contributed by atoms with Crippen LogP contribution in [0.4, 0.5) is 24.9 Å². The number of carbonyl (C=O) groups is 2. The second-order valence-corrected chi connectivity index (χ2v) is 11.5. The van der Waals surface area contributed by atoms with Crippen molar-refractivity contribution in [3.8, 4) is 0 Å². The van der Waals surface area contributed by atoms with Crippen molar-refractivity contribution in [3.05, 3.63) is 78.1 Å². The normalized spacial score (nSPS) is 23.1. The summed E-state index contributed by atoms with van der Waals surface area (Å²) in [4.78, 5) is 37.9. The van der Waals surface area contributed by atoms with Crippen LogP contribution >= 0.6 is 0 Å². The molecule has 0 bridgehead atoms. The summed E-state index contributed by atoms with van der Waals surface area (Å²) in [6, 6.07) is 18.8. The highest BCUT2D eigenvalue weighted by Crippen LogP contribution is 2.40. The molecule has 242 valence electrons. The minimum absolute atomic E-state index is 0.0242. The van der Waals surface area contributed by atoms with Gasteiger partial charge in [0.25, 0.3) is 0 Å². The molecule has 3 heterocycles. The number of halogens is 3. The lowest BCUT2D eigenvalue weighted by Crippen LogP contribution is -2.40. The van der Waals surface area contributed by atoms with Crippen LogP contribution in [0.3, 0.4) is 0 Å². The van der Waals surface area contributed by atoms with Crippen LogP contribution in [0.5, 0.6) is 0 Å². The molecule has 46 heavy (non-hydrogen) atoms. The Morgan fingerprint density at radius 3 is 2.35 bits per heavy atom. The van der Waals surface area contributed by atoms with E-state index in [-0.39, 0.29) is 30.0 Å². The van der Waals surface area contributed by atoms with E-state index in [1.807, 2.05) is 60.7 Å². The Morgan fingerprint density at radius 1 is 1.09 bits per heavy atom. The molecule has 0 spiro atoms. The molecule has 1 amide bonds. The Bertz CT molecular complexity index is 1640. The first-order chi connectivity index (χ1) is 22.1. The number of rotatable bonds is 10. The molecule has 6 N–H and O–H groups in total. The van der Waals surface area contributed by atoms with Crippen LogP contribution in [0.25, 0.3) is 11.2 Å². The van der Waals surface area contributed by atoms with Crippen LogP contribution in [0.2, 0.25) is 0 Å². The average Bonchev–Trinajstić information content (AvgIpc) is 3.78. The highest BCUT2D eigenvalue weighted by atomic mass is 19.4. The van der Waals surface area contributed by atoms with Crippen molar-refractivity contribution in [3.63, 3.8) is 0 Å². The van der Waals surface area contributed by atoms with Crippen molar-refractivity contribution in [1.82, 2.24) is 24.8 Å². The summed E-state index contributed by atoms with van der Waals surface area (Å²) >= 11 is 0. The second kappa shape index (κ2) is 12.9. The number of fused-ring (bicyclic) bond motifs is 1. The first-order valence-corrected chi connectivity index (χ1v) is 14.9. The Hall–Kier alpha value is -4.76. The number of nitrogens with zero attached hydrogens (tertiary/aromatic N) is 4. The van der Waals surface area contributed by atoms with Crippen LogP contribution in [0.15, 0.2) is 67.0 Å². The van der Waals surface area contributed by atoms with Crippen molar-refractivity contribution in [2.75, 3.05) is 30.3 Å². The van der Waals surface area contributed by atoms with Crippen molar-refractivity contribution in [2.24, 2.45) is 11.7 Å². The number of carbonyl (C=O) groups excluding carboxylic acids is 2. The van der Waals surface area contributed by atoms with Crippen LogP contribution in [-0.2, 0) is 14.3 Å². The molecule has 1 saturated heterocycles. The highest BCUT2D eigenvalue weighted by Gasteiger charge is 2.52. The summed E-state index contributed by atoms with van der Waals surface area (Å²) in [5, 5.41) is 20.8. The number of amides is 1. The van der Waals surface area contributed by atoms with E-state index in [4.69, 9.17) is 15.5 Å². The number of benzene rings is 2. The van der Waals surface area contributed by atoms with Gasteiger partial charge in [-0.3, -0.25) is 4.79 Å². The number of alkyl halides is 3. The summed E-state index contributed by atoms with van der Waals surface area (Å²) in [6.45, 7) is 1.90. The third kappa shape index (κ3) is 6.46. The molecule has 5 atom stereocenters. The summed E-state index contributed by atoms with van der Waals surface area (Å²) < 4.78 is 45.7. The fraction of sp³-hybridized carbons (Fsp3) is 0.387. The number of anilines is 2. The van der Waals surface area contributed by atoms with Gasteiger partial charge in [-0.2, -0.15) is 23.1 Å². The fourth-order valence-corrected chi connectivity index (χ4v) is 6.19. The first kappa shape index (κ1) is 31.2. The Balaban J connectivity index is 1.39. The van der Waals surface area contributed by atoms with E-state index < -0.39 is 42.2 Å². The summed E-state index contributed by atoms with van der Waals surface area (Å²) in [5.74, 6) is -4.16. The Labute approximate surface area is 261 Å². The smallest absolute Gasteiger partial charge is 0.451 e. The number of ether oxygens (including phenoxy) is 1. The molecule has 12 nitrogen and oxygen atoms in total. The number of aliphatic hydroxyl groups excluding tert-OH is 1. The Kier molecular flexibility index (Phi) is 8.77. The zero-order valence-electron chi connectivity index (χ0n) is 24.5. The van der Waals surface area contributed by atoms with Crippen molar-refractivity contribution in [1.29, 1.82) is 0 Å². The zero-order chi connectivity index (χ0) is 32.4. The lowest BCUT2D eigenvalue weighted by atomic mass is 9.91. The number of hydrogen-bond acceptors (Lipinski definition) is 10. The highest BCUT2D eigenvalue weighted by molar-refractivity contribution is 5.85.